The highest BCUT2D eigenvalue weighted by Crippen LogP contribution is 2.30. The Labute approximate surface area is 225 Å². The number of ketones is 1. The Morgan fingerprint density at radius 2 is 1.45 bits per heavy atom. The molecule has 0 saturated heterocycles. The van der Waals surface area contributed by atoms with Crippen molar-refractivity contribution in [3.8, 4) is 0 Å². The van der Waals surface area contributed by atoms with Crippen LogP contribution >= 0.6 is 11.6 Å². The van der Waals surface area contributed by atoms with Crippen molar-refractivity contribution in [2.75, 3.05) is 0 Å². The molecule has 5 rings (SSSR count). The van der Waals surface area contributed by atoms with E-state index in [1.807, 2.05) is 66.7 Å². The van der Waals surface area contributed by atoms with Gasteiger partial charge in [-0.1, -0.05) is 48.0 Å². The number of nitrogens with one attached hydrogen (secondary N) is 1. The minimum atomic E-state index is -0.825. The van der Waals surface area contributed by atoms with Crippen molar-refractivity contribution in [1.82, 2.24) is 4.98 Å². The first-order valence-corrected chi connectivity index (χ1v) is 13.0. The Kier molecular flexibility index (Phi) is 8.32. The number of carbonyl (C=O) groups excluding carboxylic acids is 1. The van der Waals surface area contributed by atoms with E-state index in [1.165, 1.54) is 0 Å². The number of carbonyl (C=O) groups is 3. The number of carboxylic acid groups (broad SMARTS) is 2. The van der Waals surface area contributed by atoms with Gasteiger partial charge in [-0.15, -0.1) is 0 Å². The molecule has 7 heteroatoms. The Morgan fingerprint density at radius 3 is 2.11 bits per heavy atom. The summed E-state index contributed by atoms with van der Waals surface area (Å²) in [7, 11) is 0. The van der Waals surface area contributed by atoms with Gasteiger partial charge in [0.05, 0.1) is 11.8 Å². The second-order valence-corrected chi connectivity index (χ2v) is 10.1. The van der Waals surface area contributed by atoms with Crippen LogP contribution in [0.1, 0.15) is 68.1 Å². The van der Waals surface area contributed by atoms with E-state index in [-0.39, 0.29) is 5.78 Å². The van der Waals surface area contributed by atoms with Crippen LogP contribution in [0.5, 0.6) is 0 Å². The molecule has 4 aromatic rings. The average molecular weight is 532 g/mol. The minimum Gasteiger partial charge on any atom is -0.481 e. The molecule has 1 aromatic heterocycles. The van der Waals surface area contributed by atoms with Gasteiger partial charge in [0.15, 0.2) is 5.78 Å². The van der Waals surface area contributed by atoms with Crippen LogP contribution in [-0.2, 0) is 14.4 Å². The third-order valence-corrected chi connectivity index (χ3v) is 7.30. The third kappa shape index (κ3) is 6.14. The van der Waals surface area contributed by atoms with Crippen LogP contribution in [-0.4, -0.2) is 32.9 Å². The maximum Gasteiger partial charge on any atom is 0.310 e. The number of aromatic nitrogens is 1. The van der Waals surface area contributed by atoms with E-state index in [4.69, 9.17) is 21.8 Å². The van der Waals surface area contributed by atoms with E-state index in [2.05, 4.69) is 4.98 Å². The lowest BCUT2D eigenvalue weighted by Gasteiger charge is -2.12. The van der Waals surface area contributed by atoms with Crippen LogP contribution in [0.3, 0.4) is 0 Å². The lowest BCUT2D eigenvalue weighted by Crippen LogP contribution is -2.08. The van der Waals surface area contributed by atoms with E-state index >= 15 is 0 Å². The highest BCUT2D eigenvalue weighted by atomic mass is 35.5. The minimum absolute atomic E-state index is 0.245. The fourth-order valence-corrected chi connectivity index (χ4v) is 4.76. The summed E-state index contributed by atoms with van der Waals surface area (Å²) in [6.45, 7) is 3.35. The normalized spacial score (nSPS) is 16.2. The summed E-state index contributed by atoms with van der Waals surface area (Å²) >= 11 is 6.01. The zero-order valence-corrected chi connectivity index (χ0v) is 22.1. The average Bonchev–Trinajstić information content (AvgIpc) is 3.26. The Morgan fingerprint density at radius 1 is 0.816 bits per heavy atom. The standard InChI is InChI=1S/C16H18O3.C15H12ClNO2/c1-11(16(18)19)13-8-6-12(7-9-13)10-14-4-2-3-5-15(14)17;1-8(15(18)19)9-2-4-11-12-7-10(16)3-5-13(12)17-14(11)6-9/h6-11H,2-5H2,1H3,(H,18,19);2-8,17H,1H3,(H,18,19)/b14-10+;. The maximum atomic E-state index is 11.7. The summed E-state index contributed by atoms with van der Waals surface area (Å²) in [6, 6.07) is 18.8. The zero-order chi connectivity index (χ0) is 27.4. The van der Waals surface area contributed by atoms with Crippen molar-refractivity contribution in [2.45, 2.75) is 51.4 Å². The van der Waals surface area contributed by atoms with Crippen LogP contribution in [0.15, 0.2) is 66.2 Å². The molecule has 0 radical (unpaired) electrons. The predicted octanol–water partition coefficient (Wildman–Crippen LogP) is 7.56. The number of carboxylic acids is 2. The molecular formula is C31H30ClNO5. The van der Waals surface area contributed by atoms with Gasteiger partial charge >= 0.3 is 11.9 Å². The fraction of sp³-hybridized carbons (Fsp3) is 0.258. The summed E-state index contributed by atoms with van der Waals surface area (Å²) in [6.07, 6.45) is 5.50. The van der Waals surface area contributed by atoms with E-state index in [0.717, 1.165) is 63.3 Å². The number of hydrogen-bond acceptors (Lipinski definition) is 3. The predicted molar refractivity (Wildman–Crippen MR) is 151 cm³/mol. The van der Waals surface area contributed by atoms with Crippen molar-refractivity contribution in [2.24, 2.45) is 0 Å². The number of Topliss-reactive ketones (excluding diaryl/α,β-unsaturated/α-hetero) is 1. The molecule has 2 unspecified atom stereocenters. The molecule has 0 bridgehead atoms. The van der Waals surface area contributed by atoms with Gasteiger partial charge in [0.1, 0.15) is 0 Å². The summed E-state index contributed by atoms with van der Waals surface area (Å²) in [4.78, 5) is 36.9. The number of halogens is 1. The van der Waals surface area contributed by atoms with Crippen molar-refractivity contribution in [1.29, 1.82) is 0 Å². The van der Waals surface area contributed by atoms with Crippen LogP contribution in [0.4, 0.5) is 0 Å². The quantitative estimate of drug-likeness (QED) is 0.230. The largest absolute Gasteiger partial charge is 0.481 e. The van der Waals surface area contributed by atoms with Gasteiger partial charge in [-0.25, -0.2) is 0 Å². The molecule has 2 atom stereocenters. The number of fused-ring (bicyclic) bond motifs is 3. The Hall–Kier alpha value is -3.90. The molecule has 0 amide bonds. The first-order chi connectivity index (χ1) is 18.1. The molecule has 196 valence electrons. The van der Waals surface area contributed by atoms with Gasteiger partial charge < -0.3 is 15.2 Å². The van der Waals surface area contributed by atoms with Gasteiger partial charge in [-0.05, 0) is 85.7 Å². The van der Waals surface area contributed by atoms with Gasteiger partial charge in [-0.2, -0.15) is 0 Å². The number of H-pyrrole nitrogens is 1. The second kappa shape index (κ2) is 11.7. The van der Waals surface area contributed by atoms with Gasteiger partial charge in [0.2, 0.25) is 0 Å². The van der Waals surface area contributed by atoms with Crippen LogP contribution < -0.4 is 0 Å². The molecule has 1 aliphatic carbocycles. The number of allylic oxidation sites excluding steroid dienone is 1. The molecule has 1 aliphatic rings. The number of rotatable bonds is 5. The smallest absolute Gasteiger partial charge is 0.310 e. The summed E-state index contributed by atoms with van der Waals surface area (Å²) in [5, 5.41) is 20.8. The van der Waals surface area contributed by atoms with Gasteiger partial charge in [0, 0.05) is 33.2 Å². The van der Waals surface area contributed by atoms with Crippen molar-refractivity contribution in [3.63, 3.8) is 0 Å². The summed E-state index contributed by atoms with van der Waals surface area (Å²) < 4.78 is 0. The molecule has 0 aliphatic heterocycles. The molecular weight excluding hydrogens is 502 g/mol. The summed E-state index contributed by atoms with van der Waals surface area (Å²) in [5.74, 6) is -2.42. The lowest BCUT2D eigenvalue weighted by atomic mass is 9.91. The van der Waals surface area contributed by atoms with Gasteiger partial charge in [0.25, 0.3) is 0 Å². The van der Waals surface area contributed by atoms with E-state index in [1.54, 1.807) is 13.8 Å². The van der Waals surface area contributed by atoms with E-state index in [0.29, 0.717) is 11.4 Å². The van der Waals surface area contributed by atoms with Gasteiger partial charge in [-0.3, -0.25) is 14.4 Å². The molecule has 3 aromatic carbocycles. The monoisotopic (exact) mass is 531 g/mol. The fourth-order valence-electron chi connectivity index (χ4n) is 4.58. The van der Waals surface area contributed by atoms with Crippen molar-refractivity contribution in [3.05, 3.63) is 87.9 Å². The Balaban J connectivity index is 0.000000177. The molecule has 1 fully saturated rings. The van der Waals surface area contributed by atoms with Crippen LogP contribution in [0.25, 0.3) is 27.9 Å². The first-order valence-electron chi connectivity index (χ1n) is 12.6. The Bertz CT molecular complexity index is 1530. The second-order valence-electron chi connectivity index (χ2n) is 9.71. The topological polar surface area (TPSA) is 107 Å². The zero-order valence-electron chi connectivity index (χ0n) is 21.3. The van der Waals surface area contributed by atoms with Crippen molar-refractivity contribution < 1.29 is 24.6 Å². The van der Waals surface area contributed by atoms with Crippen LogP contribution in [0.2, 0.25) is 5.02 Å². The number of hydrogen-bond donors (Lipinski definition) is 3. The molecule has 0 spiro atoms. The van der Waals surface area contributed by atoms with Crippen molar-refractivity contribution >= 4 is 57.2 Å². The molecule has 1 saturated carbocycles. The summed E-state index contributed by atoms with van der Waals surface area (Å²) in [5.41, 5.74) is 5.36. The number of aliphatic carboxylic acids is 2. The number of benzene rings is 3. The van der Waals surface area contributed by atoms with Crippen LogP contribution in [0, 0.1) is 0 Å². The number of aromatic amines is 1. The third-order valence-electron chi connectivity index (χ3n) is 7.06. The molecule has 38 heavy (non-hydrogen) atoms. The maximum absolute atomic E-state index is 11.7. The molecule has 3 N–H and O–H groups in total. The first kappa shape index (κ1) is 27.1. The molecule has 6 nitrogen and oxygen atoms in total. The lowest BCUT2D eigenvalue weighted by molar-refractivity contribution is -0.139. The highest BCUT2D eigenvalue weighted by molar-refractivity contribution is 6.31. The van der Waals surface area contributed by atoms with E-state index in [9.17, 15) is 14.4 Å². The SMILES string of the molecule is CC(C(=O)O)c1ccc(/C=C2\CCCCC2=O)cc1.CC(C(=O)O)c1ccc2c(c1)[nH]c1ccc(Cl)cc12. The van der Waals surface area contributed by atoms with E-state index < -0.39 is 23.8 Å². The molecule has 1 heterocycles. The highest BCUT2D eigenvalue weighted by Gasteiger charge is 2.16.